The summed E-state index contributed by atoms with van der Waals surface area (Å²) in [5, 5.41) is 10.9. The van der Waals surface area contributed by atoms with E-state index >= 15 is 0 Å². The molecular weight excluding hydrogens is 218 g/mol. The van der Waals surface area contributed by atoms with Crippen molar-refractivity contribution in [2.75, 3.05) is 13.2 Å². The van der Waals surface area contributed by atoms with E-state index in [1.165, 1.54) is 6.08 Å². The van der Waals surface area contributed by atoms with E-state index in [1.807, 2.05) is 30.3 Å². The number of hydrogen-bond donors (Lipinski definition) is 3. The molecule has 1 amide bonds. The van der Waals surface area contributed by atoms with Gasteiger partial charge in [0.1, 0.15) is 0 Å². The van der Waals surface area contributed by atoms with Crippen LogP contribution in [0.15, 0.2) is 41.4 Å². The normalized spacial score (nSPS) is 11.7. The maximum atomic E-state index is 11.4. The molecule has 0 radical (unpaired) electrons. The van der Waals surface area contributed by atoms with E-state index in [9.17, 15) is 4.79 Å². The minimum absolute atomic E-state index is 0.00163. The van der Waals surface area contributed by atoms with Crippen LogP contribution in [0.3, 0.4) is 0 Å². The Morgan fingerprint density at radius 1 is 1.41 bits per heavy atom. The predicted octanol–water partition coefficient (Wildman–Crippen LogP) is 0.123. The number of nitrogens with zero attached hydrogens (tertiary/aromatic N) is 1. The summed E-state index contributed by atoms with van der Waals surface area (Å²) in [6, 6.07) is 9.43. The summed E-state index contributed by atoms with van der Waals surface area (Å²) in [6.45, 7) is 0.0743. The number of aliphatic hydroxyl groups is 1. The molecule has 0 saturated heterocycles. The van der Waals surface area contributed by atoms with Gasteiger partial charge in [-0.25, -0.2) is 0 Å². The number of aliphatic imine (C=N–C) groups is 1. The molecule has 0 spiro atoms. The van der Waals surface area contributed by atoms with Crippen LogP contribution in [0.4, 0.5) is 0 Å². The third kappa shape index (κ3) is 5.48. The highest BCUT2D eigenvalue weighted by atomic mass is 16.3. The zero-order chi connectivity index (χ0) is 12.5. The van der Waals surface area contributed by atoms with E-state index in [0.717, 1.165) is 5.56 Å². The maximum Gasteiger partial charge on any atom is 0.250 e. The molecule has 0 saturated carbocycles. The van der Waals surface area contributed by atoms with Crippen LogP contribution >= 0.6 is 0 Å². The fourth-order valence-electron chi connectivity index (χ4n) is 1.11. The number of carbonyl (C=O) groups excluding carboxylic acids is 1. The first-order valence-corrected chi connectivity index (χ1v) is 5.17. The number of benzene rings is 1. The molecule has 5 nitrogen and oxygen atoms in total. The fourth-order valence-corrected chi connectivity index (χ4v) is 1.11. The Hall–Kier alpha value is -2.14. The SMILES string of the molecule is NC(=NCCO)NC(=O)/C=C/c1ccccc1. The van der Waals surface area contributed by atoms with Gasteiger partial charge in [-0.1, -0.05) is 30.3 Å². The quantitative estimate of drug-likeness (QED) is 0.392. The molecule has 0 aliphatic rings. The summed E-state index contributed by atoms with van der Waals surface area (Å²) < 4.78 is 0. The lowest BCUT2D eigenvalue weighted by atomic mass is 10.2. The van der Waals surface area contributed by atoms with Crippen LogP contribution in [0, 0.1) is 0 Å². The first kappa shape index (κ1) is 12.9. The monoisotopic (exact) mass is 233 g/mol. The van der Waals surface area contributed by atoms with Crippen LogP contribution in [-0.2, 0) is 4.79 Å². The minimum atomic E-state index is -0.354. The number of nitrogens with two attached hydrogens (primary N) is 1. The van der Waals surface area contributed by atoms with Crippen molar-refractivity contribution in [3.63, 3.8) is 0 Å². The Balaban J connectivity index is 2.47. The van der Waals surface area contributed by atoms with E-state index in [2.05, 4.69) is 10.3 Å². The number of rotatable bonds is 4. The molecule has 0 bridgehead atoms. The Labute approximate surface area is 99.7 Å². The van der Waals surface area contributed by atoms with Crippen molar-refractivity contribution in [2.45, 2.75) is 0 Å². The van der Waals surface area contributed by atoms with Crippen molar-refractivity contribution in [1.29, 1.82) is 0 Å². The Bertz CT molecular complexity index is 413. The van der Waals surface area contributed by atoms with E-state index in [4.69, 9.17) is 10.8 Å². The van der Waals surface area contributed by atoms with E-state index in [1.54, 1.807) is 6.08 Å². The summed E-state index contributed by atoms with van der Waals surface area (Å²) in [5.74, 6) is -0.352. The zero-order valence-electron chi connectivity index (χ0n) is 9.34. The van der Waals surface area contributed by atoms with E-state index in [0.29, 0.717) is 0 Å². The molecular formula is C12H15N3O2. The molecule has 0 aromatic heterocycles. The van der Waals surface area contributed by atoms with E-state index in [-0.39, 0.29) is 25.0 Å². The molecule has 0 aliphatic heterocycles. The van der Waals surface area contributed by atoms with Crippen molar-refractivity contribution >= 4 is 17.9 Å². The molecule has 0 unspecified atom stereocenters. The smallest absolute Gasteiger partial charge is 0.250 e. The first-order chi connectivity index (χ1) is 8.22. The topological polar surface area (TPSA) is 87.7 Å². The number of aliphatic hydroxyl groups excluding tert-OH is 1. The van der Waals surface area contributed by atoms with Crippen LogP contribution in [0.2, 0.25) is 0 Å². The maximum absolute atomic E-state index is 11.4. The third-order valence-electron chi connectivity index (χ3n) is 1.86. The van der Waals surface area contributed by atoms with Crippen molar-refractivity contribution < 1.29 is 9.90 Å². The molecule has 90 valence electrons. The van der Waals surface area contributed by atoms with Crippen LogP contribution in [-0.4, -0.2) is 30.1 Å². The van der Waals surface area contributed by atoms with Crippen molar-refractivity contribution in [2.24, 2.45) is 10.7 Å². The molecule has 4 N–H and O–H groups in total. The van der Waals surface area contributed by atoms with Crippen LogP contribution in [0.25, 0.3) is 6.08 Å². The van der Waals surface area contributed by atoms with Crippen molar-refractivity contribution in [1.82, 2.24) is 5.32 Å². The van der Waals surface area contributed by atoms with E-state index < -0.39 is 0 Å². The standard InChI is InChI=1S/C12H15N3O2/c13-12(14-8-9-16)15-11(17)7-6-10-4-2-1-3-5-10/h1-7,16H,8-9H2,(H3,13,14,15,17)/b7-6+. The molecule has 0 fully saturated rings. The summed E-state index contributed by atoms with van der Waals surface area (Å²) in [5.41, 5.74) is 6.33. The number of hydrogen-bond acceptors (Lipinski definition) is 3. The number of nitrogens with one attached hydrogen (secondary N) is 1. The highest BCUT2D eigenvalue weighted by Gasteiger charge is 1.97. The number of guanidine groups is 1. The van der Waals surface area contributed by atoms with Gasteiger partial charge in [0.05, 0.1) is 13.2 Å². The number of carbonyl (C=O) groups is 1. The predicted molar refractivity (Wildman–Crippen MR) is 67.2 cm³/mol. The average Bonchev–Trinajstić information content (AvgIpc) is 2.35. The van der Waals surface area contributed by atoms with Crippen LogP contribution < -0.4 is 11.1 Å². The number of amides is 1. The minimum Gasteiger partial charge on any atom is -0.394 e. The summed E-state index contributed by atoms with van der Waals surface area (Å²) in [7, 11) is 0. The van der Waals surface area contributed by atoms with Crippen molar-refractivity contribution in [3.05, 3.63) is 42.0 Å². The van der Waals surface area contributed by atoms with Gasteiger partial charge in [0.15, 0.2) is 5.96 Å². The van der Waals surface area contributed by atoms with Gasteiger partial charge >= 0.3 is 0 Å². The van der Waals surface area contributed by atoms with Gasteiger partial charge in [0.2, 0.25) is 0 Å². The zero-order valence-corrected chi connectivity index (χ0v) is 9.34. The summed E-state index contributed by atoms with van der Waals surface area (Å²) >= 11 is 0. The van der Waals surface area contributed by atoms with Gasteiger partial charge < -0.3 is 10.8 Å². The highest BCUT2D eigenvalue weighted by Crippen LogP contribution is 2.00. The van der Waals surface area contributed by atoms with Gasteiger partial charge in [0.25, 0.3) is 5.91 Å². The fraction of sp³-hybridized carbons (Fsp3) is 0.167. The second kappa shape index (κ2) is 7.19. The lowest BCUT2D eigenvalue weighted by Crippen LogP contribution is -2.36. The van der Waals surface area contributed by atoms with Gasteiger partial charge in [-0.3, -0.25) is 15.1 Å². The molecule has 0 heterocycles. The van der Waals surface area contributed by atoms with Gasteiger partial charge in [-0.05, 0) is 11.6 Å². The molecule has 1 rings (SSSR count). The first-order valence-electron chi connectivity index (χ1n) is 5.17. The molecule has 0 atom stereocenters. The second-order valence-corrected chi connectivity index (χ2v) is 3.22. The Morgan fingerprint density at radius 3 is 2.76 bits per heavy atom. The van der Waals surface area contributed by atoms with Gasteiger partial charge in [-0.15, -0.1) is 0 Å². The second-order valence-electron chi connectivity index (χ2n) is 3.22. The Kier molecular flexibility index (Phi) is 5.46. The highest BCUT2D eigenvalue weighted by molar-refractivity contribution is 6.03. The molecule has 1 aromatic carbocycles. The third-order valence-corrected chi connectivity index (χ3v) is 1.86. The summed E-state index contributed by atoms with van der Waals surface area (Å²) in [4.78, 5) is 15.1. The molecule has 0 aliphatic carbocycles. The molecule has 17 heavy (non-hydrogen) atoms. The van der Waals surface area contributed by atoms with Gasteiger partial charge in [0, 0.05) is 6.08 Å². The lowest BCUT2D eigenvalue weighted by Gasteiger charge is -1.99. The summed E-state index contributed by atoms with van der Waals surface area (Å²) in [6.07, 6.45) is 3.05. The largest absolute Gasteiger partial charge is 0.394 e. The van der Waals surface area contributed by atoms with Crippen LogP contribution in [0.1, 0.15) is 5.56 Å². The van der Waals surface area contributed by atoms with Gasteiger partial charge in [-0.2, -0.15) is 0 Å². The van der Waals surface area contributed by atoms with Crippen LogP contribution in [0.5, 0.6) is 0 Å². The Morgan fingerprint density at radius 2 is 2.12 bits per heavy atom. The average molecular weight is 233 g/mol. The lowest BCUT2D eigenvalue weighted by molar-refractivity contribution is -0.115. The molecule has 1 aromatic rings. The van der Waals surface area contributed by atoms with Crippen molar-refractivity contribution in [3.8, 4) is 0 Å². The molecule has 5 heteroatoms.